The van der Waals surface area contributed by atoms with Crippen LogP contribution in [-0.4, -0.2) is 67.9 Å². The van der Waals surface area contributed by atoms with E-state index in [0.717, 1.165) is 11.6 Å². The number of rotatable bonds is 6. The van der Waals surface area contributed by atoms with Gasteiger partial charge in [-0.25, -0.2) is 13.4 Å². The van der Waals surface area contributed by atoms with Crippen molar-refractivity contribution in [2.45, 2.75) is 24.7 Å². The molecule has 0 bridgehead atoms. The fraction of sp³-hybridized carbons (Fsp3) is 0.455. The lowest BCUT2D eigenvalue weighted by Gasteiger charge is -2.32. The average Bonchev–Trinajstić information content (AvgIpc) is 2.84. The number of hydrogen-bond donors (Lipinski definition) is 1. The van der Waals surface area contributed by atoms with E-state index in [9.17, 15) is 23.3 Å². The number of piperidine rings is 1. The smallest absolute Gasteiger partial charge is 0.293 e. The Morgan fingerprint density at radius 2 is 1.85 bits per heavy atom. The zero-order valence-electron chi connectivity index (χ0n) is 18.8. The van der Waals surface area contributed by atoms with E-state index in [1.165, 1.54) is 16.4 Å². The van der Waals surface area contributed by atoms with Gasteiger partial charge in [-0.2, -0.15) is 4.31 Å². The number of hydrogen-bond acceptors (Lipinski definition) is 8. The number of ether oxygens (including phenoxy) is 1. The fourth-order valence-electron chi connectivity index (χ4n) is 4.23. The van der Waals surface area contributed by atoms with Crippen molar-refractivity contribution in [2.75, 3.05) is 49.6 Å². The molecule has 0 radical (unpaired) electrons. The molecule has 182 valence electrons. The SMILES string of the molecule is Cc1ccnc(NC(=O)C2CCN(c3ccc(S(=O)(=O)N4CCOCC4)cc3[N+](=O)[O-])CC2)c1. The molecule has 2 fully saturated rings. The lowest BCUT2D eigenvalue weighted by molar-refractivity contribution is -0.384. The Bertz CT molecular complexity index is 1170. The number of carbonyl (C=O) groups excluding carboxylic acids is 1. The lowest BCUT2D eigenvalue weighted by atomic mass is 9.95. The van der Waals surface area contributed by atoms with E-state index in [0.29, 0.717) is 50.7 Å². The van der Waals surface area contributed by atoms with Crippen molar-refractivity contribution >= 4 is 33.1 Å². The molecule has 34 heavy (non-hydrogen) atoms. The minimum Gasteiger partial charge on any atom is -0.379 e. The summed E-state index contributed by atoms with van der Waals surface area (Å²) in [5.41, 5.74) is 1.08. The summed E-state index contributed by atoms with van der Waals surface area (Å²) in [6, 6.07) is 7.67. The average molecular weight is 490 g/mol. The Morgan fingerprint density at radius 1 is 1.15 bits per heavy atom. The monoisotopic (exact) mass is 489 g/mol. The van der Waals surface area contributed by atoms with Gasteiger partial charge in [0.05, 0.1) is 23.0 Å². The number of morpholine rings is 1. The van der Waals surface area contributed by atoms with Crippen LogP contribution >= 0.6 is 0 Å². The summed E-state index contributed by atoms with van der Waals surface area (Å²) in [6.07, 6.45) is 2.67. The van der Waals surface area contributed by atoms with Crippen LogP contribution in [-0.2, 0) is 19.6 Å². The van der Waals surface area contributed by atoms with E-state index in [1.807, 2.05) is 17.9 Å². The largest absolute Gasteiger partial charge is 0.379 e. The number of sulfonamides is 1. The van der Waals surface area contributed by atoms with E-state index < -0.39 is 14.9 Å². The van der Waals surface area contributed by atoms with Crippen molar-refractivity contribution < 1.29 is 22.9 Å². The molecule has 0 atom stereocenters. The summed E-state index contributed by atoms with van der Waals surface area (Å²) in [7, 11) is -3.85. The topological polar surface area (TPSA) is 135 Å². The molecule has 11 nitrogen and oxygen atoms in total. The third-order valence-corrected chi connectivity index (χ3v) is 8.02. The van der Waals surface area contributed by atoms with E-state index in [1.54, 1.807) is 12.3 Å². The highest BCUT2D eigenvalue weighted by atomic mass is 32.2. The highest BCUT2D eigenvalue weighted by molar-refractivity contribution is 7.89. The number of benzene rings is 1. The second kappa shape index (κ2) is 10.0. The second-order valence-electron chi connectivity index (χ2n) is 8.39. The third-order valence-electron chi connectivity index (χ3n) is 6.12. The van der Waals surface area contributed by atoms with Crippen LogP contribution in [0.4, 0.5) is 17.2 Å². The van der Waals surface area contributed by atoms with Gasteiger partial charge < -0.3 is 15.0 Å². The molecule has 0 saturated carbocycles. The zero-order chi connectivity index (χ0) is 24.3. The van der Waals surface area contributed by atoms with Gasteiger partial charge in [-0.05, 0) is 49.6 Å². The molecule has 1 aromatic heterocycles. The van der Waals surface area contributed by atoms with Gasteiger partial charge in [-0.1, -0.05) is 0 Å². The number of nitrogens with zero attached hydrogens (tertiary/aromatic N) is 4. The number of aryl methyl sites for hydroxylation is 1. The Morgan fingerprint density at radius 3 is 2.50 bits per heavy atom. The van der Waals surface area contributed by atoms with Gasteiger partial charge in [0, 0.05) is 44.4 Å². The highest BCUT2D eigenvalue weighted by Crippen LogP contribution is 2.34. The molecule has 2 aliphatic rings. The first kappa shape index (κ1) is 24.0. The number of nitrogens with one attached hydrogen (secondary N) is 1. The van der Waals surface area contributed by atoms with Crippen LogP contribution in [0, 0.1) is 23.0 Å². The number of nitro groups is 1. The molecule has 4 rings (SSSR count). The van der Waals surface area contributed by atoms with Gasteiger partial charge in [0.1, 0.15) is 11.5 Å². The van der Waals surface area contributed by atoms with Gasteiger partial charge in [0.15, 0.2) is 0 Å². The first-order valence-electron chi connectivity index (χ1n) is 11.1. The molecule has 3 heterocycles. The van der Waals surface area contributed by atoms with E-state index >= 15 is 0 Å². The van der Waals surface area contributed by atoms with Crippen LogP contribution in [0.2, 0.25) is 0 Å². The fourth-order valence-corrected chi connectivity index (χ4v) is 5.66. The highest BCUT2D eigenvalue weighted by Gasteiger charge is 2.32. The molecular weight excluding hydrogens is 462 g/mol. The number of amides is 1. The third kappa shape index (κ3) is 5.18. The van der Waals surface area contributed by atoms with Crippen molar-refractivity contribution in [3.8, 4) is 0 Å². The number of aromatic nitrogens is 1. The number of anilines is 2. The predicted molar refractivity (Wildman–Crippen MR) is 125 cm³/mol. The summed E-state index contributed by atoms with van der Waals surface area (Å²) in [4.78, 5) is 29.8. The van der Waals surface area contributed by atoms with E-state index in [2.05, 4.69) is 10.3 Å². The predicted octanol–water partition coefficient (Wildman–Crippen LogP) is 2.17. The van der Waals surface area contributed by atoms with Gasteiger partial charge in [0.25, 0.3) is 5.69 Å². The summed E-state index contributed by atoms with van der Waals surface area (Å²) in [5, 5.41) is 14.6. The molecule has 1 amide bonds. The van der Waals surface area contributed by atoms with Crippen LogP contribution in [0.1, 0.15) is 18.4 Å². The number of pyridine rings is 1. The van der Waals surface area contributed by atoms with Gasteiger partial charge >= 0.3 is 0 Å². The maximum Gasteiger partial charge on any atom is 0.293 e. The quantitative estimate of drug-likeness (QED) is 0.482. The maximum atomic E-state index is 12.9. The normalized spacial score (nSPS) is 18.0. The lowest BCUT2D eigenvalue weighted by Crippen LogP contribution is -2.40. The first-order chi connectivity index (χ1) is 16.3. The summed E-state index contributed by atoms with van der Waals surface area (Å²) in [5.74, 6) is 0.137. The Hall–Kier alpha value is -3.09. The molecule has 1 N–H and O–H groups in total. The Balaban J connectivity index is 1.46. The van der Waals surface area contributed by atoms with E-state index in [-0.39, 0.29) is 35.5 Å². The van der Waals surface area contributed by atoms with Gasteiger partial charge in [-0.15, -0.1) is 0 Å². The van der Waals surface area contributed by atoms with Crippen molar-refractivity contribution in [1.29, 1.82) is 0 Å². The Kier molecular flexibility index (Phi) is 7.10. The van der Waals surface area contributed by atoms with Crippen molar-refractivity contribution in [3.05, 3.63) is 52.2 Å². The van der Waals surface area contributed by atoms with Crippen LogP contribution in [0.15, 0.2) is 41.4 Å². The summed E-state index contributed by atoms with van der Waals surface area (Å²) < 4.78 is 32.3. The molecule has 2 aliphatic heterocycles. The molecule has 0 unspecified atom stereocenters. The van der Waals surface area contributed by atoms with Gasteiger partial charge in [0.2, 0.25) is 15.9 Å². The van der Waals surface area contributed by atoms with Gasteiger partial charge in [-0.3, -0.25) is 14.9 Å². The molecule has 0 spiro atoms. The molecule has 1 aromatic carbocycles. The molecule has 0 aliphatic carbocycles. The van der Waals surface area contributed by atoms with Crippen molar-refractivity contribution in [2.24, 2.45) is 5.92 Å². The number of carbonyl (C=O) groups is 1. The molecule has 2 saturated heterocycles. The van der Waals surface area contributed by atoms with Crippen LogP contribution < -0.4 is 10.2 Å². The van der Waals surface area contributed by atoms with Crippen LogP contribution in [0.3, 0.4) is 0 Å². The Labute approximate surface area is 197 Å². The molecule has 12 heteroatoms. The van der Waals surface area contributed by atoms with E-state index in [4.69, 9.17) is 4.74 Å². The minimum absolute atomic E-state index is 0.107. The number of nitro benzene ring substituents is 1. The molecule has 2 aromatic rings. The maximum absolute atomic E-state index is 12.9. The minimum atomic E-state index is -3.85. The summed E-state index contributed by atoms with van der Waals surface area (Å²) in [6.45, 7) is 3.81. The molecular formula is C22H27N5O6S. The standard InChI is InChI=1S/C22H27N5O6S/c1-16-4-7-23-21(14-16)24-22(28)17-5-8-25(9-6-17)19-3-2-18(15-20(19)27(29)30)34(31,32)26-10-12-33-13-11-26/h2-4,7,14-15,17H,5-6,8-13H2,1H3,(H,23,24,28). The second-order valence-corrected chi connectivity index (χ2v) is 10.3. The van der Waals surface area contributed by atoms with Crippen molar-refractivity contribution in [3.63, 3.8) is 0 Å². The van der Waals surface area contributed by atoms with Crippen LogP contribution in [0.25, 0.3) is 0 Å². The van der Waals surface area contributed by atoms with Crippen LogP contribution in [0.5, 0.6) is 0 Å². The first-order valence-corrected chi connectivity index (χ1v) is 12.5. The zero-order valence-corrected chi connectivity index (χ0v) is 19.7. The summed E-state index contributed by atoms with van der Waals surface area (Å²) >= 11 is 0. The van der Waals surface area contributed by atoms with Crippen molar-refractivity contribution in [1.82, 2.24) is 9.29 Å².